The molecule has 25 heavy (non-hydrogen) atoms. The fourth-order valence-electron chi connectivity index (χ4n) is 3.42. The van der Waals surface area contributed by atoms with Gasteiger partial charge >= 0.3 is 0 Å². The second-order valence-electron chi connectivity index (χ2n) is 6.45. The van der Waals surface area contributed by atoms with Gasteiger partial charge in [-0.15, -0.1) is 0 Å². The third kappa shape index (κ3) is 3.19. The lowest BCUT2D eigenvalue weighted by atomic mass is 10.2. The second kappa shape index (κ2) is 6.76. The molecule has 2 aliphatic rings. The summed E-state index contributed by atoms with van der Waals surface area (Å²) in [7, 11) is 2.00. The van der Waals surface area contributed by atoms with Crippen molar-refractivity contribution >= 4 is 11.6 Å². The Kier molecular flexibility index (Phi) is 4.31. The summed E-state index contributed by atoms with van der Waals surface area (Å²) < 4.78 is 10.8. The smallest absolute Gasteiger partial charge is 0.231 e. The zero-order valence-electron chi connectivity index (χ0n) is 14.3. The Morgan fingerprint density at radius 3 is 3.00 bits per heavy atom. The van der Waals surface area contributed by atoms with Gasteiger partial charge in [0.05, 0.1) is 12.6 Å². The van der Waals surface area contributed by atoms with Gasteiger partial charge in [-0.1, -0.05) is 6.07 Å². The largest absolute Gasteiger partial charge is 0.454 e. The monoisotopic (exact) mass is 342 g/mol. The number of aliphatic hydroxyl groups excluding tert-OH is 1. The SMILES string of the molecule is CN(Cc1ccc2c(c1)OCO2)c1cc(N2CCC[C@H]2CO)ncn1. The van der Waals surface area contributed by atoms with Crippen LogP contribution in [0.3, 0.4) is 0 Å². The fraction of sp³-hybridized carbons (Fsp3) is 0.444. The quantitative estimate of drug-likeness (QED) is 0.888. The zero-order chi connectivity index (χ0) is 17.2. The van der Waals surface area contributed by atoms with Crippen molar-refractivity contribution in [2.24, 2.45) is 0 Å². The summed E-state index contributed by atoms with van der Waals surface area (Å²) in [6.07, 6.45) is 3.67. The van der Waals surface area contributed by atoms with E-state index < -0.39 is 0 Å². The molecule has 2 aliphatic heterocycles. The van der Waals surface area contributed by atoms with Crippen LogP contribution in [0, 0.1) is 0 Å². The Bertz CT molecular complexity index is 755. The maximum atomic E-state index is 9.53. The van der Waals surface area contributed by atoms with Gasteiger partial charge in [-0.05, 0) is 30.5 Å². The summed E-state index contributed by atoms with van der Waals surface area (Å²) in [5.74, 6) is 3.31. The van der Waals surface area contributed by atoms with Gasteiger partial charge in [0, 0.05) is 26.2 Å². The zero-order valence-corrected chi connectivity index (χ0v) is 14.3. The summed E-state index contributed by atoms with van der Waals surface area (Å²) in [5, 5.41) is 9.53. The highest BCUT2D eigenvalue weighted by molar-refractivity contribution is 5.52. The molecule has 132 valence electrons. The third-order valence-electron chi connectivity index (χ3n) is 4.77. The van der Waals surface area contributed by atoms with Crippen molar-refractivity contribution in [2.75, 3.05) is 36.8 Å². The molecule has 0 spiro atoms. The van der Waals surface area contributed by atoms with Crippen molar-refractivity contribution in [2.45, 2.75) is 25.4 Å². The van der Waals surface area contributed by atoms with Crippen LogP contribution in [0.4, 0.5) is 11.6 Å². The van der Waals surface area contributed by atoms with E-state index in [0.717, 1.165) is 48.1 Å². The molecular formula is C18H22N4O3. The molecule has 0 bridgehead atoms. The van der Waals surface area contributed by atoms with Crippen LogP contribution in [0.15, 0.2) is 30.6 Å². The van der Waals surface area contributed by atoms with Gasteiger partial charge in [0.1, 0.15) is 18.0 Å². The van der Waals surface area contributed by atoms with Gasteiger partial charge in [-0.25, -0.2) is 9.97 Å². The summed E-state index contributed by atoms with van der Waals surface area (Å²) in [4.78, 5) is 13.0. The third-order valence-corrected chi connectivity index (χ3v) is 4.77. The molecule has 7 heteroatoms. The maximum absolute atomic E-state index is 9.53. The number of ether oxygens (including phenoxy) is 2. The Labute approximate surface area is 146 Å². The lowest BCUT2D eigenvalue weighted by Crippen LogP contribution is -2.33. The van der Waals surface area contributed by atoms with Crippen LogP contribution < -0.4 is 19.3 Å². The molecule has 0 radical (unpaired) electrons. The Hall–Kier alpha value is -2.54. The van der Waals surface area contributed by atoms with Crippen LogP contribution in [-0.4, -0.2) is 48.1 Å². The molecule has 1 saturated heterocycles. The molecule has 1 N–H and O–H groups in total. The first-order valence-electron chi connectivity index (χ1n) is 8.54. The molecule has 0 aliphatic carbocycles. The molecule has 0 amide bonds. The number of nitrogens with zero attached hydrogens (tertiary/aromatic N) is 4. The highest BCUT2D eigenvalue weighted by Crippen LogP contribution is 2.33. The van der Waals surface area contributed by atoms with Gasteiger partial charge in [0.2, 0.25) is 6.79 Å². The van der Waals surface area contributed by atoms with E-state index in [1.165, 1.54) is 0 Å². The van der Waals surface area contributed by atoms with Crippen molar-refractivity contribution in [1.82, 2.24) is 9.97 Å². The number of hydrogen-bond donors (Lipinski definition) is 1. The lowest BCUT2D eigenvalue weighted by Gasteiger charge is -2.25. The van der Waals surface area contributed by atoms with Crippen LogP contribution in [0.1, 0.15) is 18.4 Å². The highest BCUT2D eigenvalue weighted by atomic mass is 16.7. The van der Waals surface area contributed by atoms with E-state index in [4.69, 9.17) is 9.47 Å². The molecule has 1 aromatic carbocycles. The number of aromatic nitrogens is 2. The summed E-state index contributed by atoms with van der Waals surface area (Å²) >= 11 is 0. The normalized spacial score (nSPS) is 18.6. The molecule has 7 nitrogen and oxygen atoms in total. The first-order chi connectivity index (χ1) is 12.2. The number of anilines is 2. The molecule has 4 rings (SSSR count). The van der Waals surface area contributed by atoms with E-state index in [0.29, 0.717) is 6.54 Å². The summed E-state index contributed by atoms with van der Waals surface area (Å²) in [6, 6.07) is 8.12. The predicted octanol–water partition coefficient (Wildman–Crippen LogP) is 1.80. The minimum Gasteiger partial charge on any atom is -0.454 e. The number of hydrogen-bond acceptors (Lipinski definition) is 7. The van der Waals surface area contributed by atoms with E-state index in [9.17, 15) is 5.11 Å². The van der Waals surface area contributed by atoms with Gasteiger partial charge in [0.15, 0.2) is 11.5 Å². The van der Waals surface area contributed by atoms with Crippen molar-refractivity contribution in [3.05, 3.63) is 36.2 Å². The summed E-state index contributed by atoms with van der Waals surface area (Å²) in [5.41, 5.74) is 1.13. The van der Waals surface area contributed by atoms with Crippen LogP contribution in [-0.2, 0) is 6.54 Å². The molecule has 0 saturated carbocycles. The van der Waals surface area contributed by atoms with Crippen molar-refractivity contribution in [3.63, 3.8) is 0 Å². The first-order valence-corrected chi connectivity index (χ1v) is 8.54. The van der Waals surface area contributed by atoms with Gasteiger partial charge in [0.25, 0.3) is 0 Å². The maximum Gasteiger partial charge on any atom is 0.231 e. The van der Waals surface area contributed by atoms with E-state index >= 15 is 0 Å². The average molecular weight is 342 g/mol. The van der Waals surface area contributed by atoms with Gasteiger partial charge < -0.3 is 24.4 Å². The van der Waals surface area contributed by atoms with Crippen molar-refractivity contribution in [3.8, 4) is 11.5 Å². The average Bonchev–Trinajstić information content (AvgIpc) is 3.30. The van der Waals surface area contributed by atoms with E-state index in [1.807, 2.05) is 31.3 Å². The van der Waals surface area contributed by atoms with E-state index in [2.05, 4.69) is 19.8 Å². The highest BCUT2D eigenvalue weighted by Gasteiger charge is 2.25. The second-order valence-corrected chi connectivity index (χ2v) is 6.45. The van der Waals surface area contributed by atoms with Gasteiger partial charge in [-0.2, -0.15) is 0 Å². The Balaban J connectivity index is 1.50. The molecule has 1 atom stereocenters. The molecule has 3 heterocycles. The van der Waals surface area contributed by atoms with Crippen LogP contribution >= 0.6 is 0 Å². The van der Waals surface area contributed by atoms with E-state index in [1.54, 1.807) is 6.33 Å². The van der Waals surface area contributed by atoms with Crippen LogP contribution in [0.25, 0.3) is 0 Å². The predicted molar refractivity (Wildman–Crippen MR) is 94.2 cm³/mol. The number of benzene rings is 1. The van der Waals surface area contributed by atoms with Crippen molar-refractivity contribution < 1.29 is 14.6 Å². The topological polar surface area (TPSA) is 71.0 Å². The number of fused-ring (bicyclic) bond motifs is 1. The minimum atomic E-state index is 0.155. The standard InChI is InChI=1S/C18H22N4O3/c1-21(9-13-4-5-15-16(7-13)25-12-24-15)17-8-18(20-11-19-17)22-6-2-3-14(22)10-23/h4-5,7-8,11,14,23H,2-3,6,9-10,12H2,1H3/t14-/m0/s1. The first kappa shape index (κ1) is 16.0. The van der Waals surface area contributed by atoms with Crippen LogP contribution in [0.5, 0.6) is 11.5 Å². The summed E-state index contributed by atoms with van der Waals surface area (Å²) in [6.45, 7) is 2.07. The fourth-order valence-corrected chi connectivity index (χ4v) is 3.42. The van der Waals surface area contributed by atoms with E-state index in [-0.39, 0.29) is 19.4 Å². The minimum absolute atomic E-state index is 0.155. The Morgan fingerprint density at radius 1 is 1.24 bits per heavy atom. The molecule has 2 aromatic rings. The van der Waals surface area contributed by atoms with Crippen LogP contribution in [0.2, 0.25) is 0 Å². The number of rotatable bonds is 5. The molecule has 0 unspecified atom stereocenters. The molecular weight excluding hydrogens is 320 g/mol. The lowest BCUT2D eigenvalue weighted by molar-refractivity contribution is 0.174. The van der Waals surface area contributed by atoms with Gasteiger partial charge in [-0.3, -0.25) is 0 Å². The molecule has 1 fully saturated rings. The Morgan fingerprint density at radius 2 is 2.12 bits per heavy atom. The van der Waals surface area contributed by atoms with Crippen molar-refractivity contribution in [1.29, 1.82) is 0 Å². The number of aliphatic hydroxyl groups is 1. The molecule has 1 aromatic heterocycles.